The first-order valence-electron chi connectivity index (χ1n) is 8.25. The molecule has 0 radical (unpaired) electrons. The van der Waals surface area contributed by atoms with Gasteiger partial charge < -0.3 is 4.90 Å². The molecule has 6 heteroatoms. The van der Waals surface area contributed by atoms with Gasteiger partial charge in [-0.15, -0.1) is 0 Å². The van der Waals surface area contributed by atoms with Crippen LogP contribution in [0.2, 0.25) is 0 Å². The monoisotopic (exact) mass is 312 g/mol. The minimum absolute atomic E-state index is 0.310. The van der Waals surface area contributed by atoms with E-state index in [9.17, 15) is 0 Å². The number of hydrogen-bond acceptors (Lipinski definition) is 5. The van der Waals surface area contributed by atoms with Gasteiger partial charge in [-0.05, 0) is 38.1 Å². The van der Waals surface area contributed by atoms with Crippen molar-refractivity contribution in [2.75, 3.05) is 33.2 Å². The molecule has 0 aliphatic carbocycles. The van der Waals surface area contributed by atoms with E-state index in [2.05, 4.69) is 50.0 Å². The lowest BCUT2D eigenvalue weighted by molar-refractivity contribution is -0.00955. The van der Waals surface area contributed by atoms with Gasteiger partial charge in [0.25, 0.3) is 0 Å². The predicted octanol–water partition coefficient (Wildman–Crippen LogP) is 1.35. The van der Waals surface area contributed by atoms with Crippen molar-refractivity contribution in [3.05, 3.63) is 41.2 Å². The Bertz CT molecular complexity index is 703. The van der Waals surface area contributed by atoms with Crippen LogP contribution in [-0.2, 0) is 6.54 Å². The minimum Gasteiger partial charge on any atom is -0.305 e. The zero-order valence-corrected chi connectivity index (χ0v) is 14.1. The zero-order valence-electron chi connectivity index (χ0n) is 14.1. The highest BCUT2D eigenvalue weighted by Gasteiger charge is 2.54. The Balaban J connectivity index is 1.48. The fourth-order valence-corrected chi connectivity index (χ4v) is 4.29. The molecule has 2 aromatic heterocycles. The van der Waals surface area contributed by atoms with E-state index in [-0.39, 0.29) is 0 Å². The third-order valence-corrected chi connectivity index (χ3v) is 5.35. The molecular formula is C17H24N6. The molecule has 0 bridgehead atoms. The van der Waals surface area contributed by atoms with Gasteiger partial charge in [-0.1, -0.05) is 0 Å². The summed E-state index contributed by atoms with van der Waals surface area (Å²) in [6.07, 6.45) is 3.84. The maximum atomic E-state index is 4.61. The molecule has 1 atom stereocenters. The maximum Gasteiger partial charge on any atom is 0.155 e. The molecule has 1 spiro atoms. The minimum atomic E-state index is 0.310. The van der Waals surface area contributed by atoms with E-state index in [1.807, 2.05) is 19.3 Å². The van der Waals surface area contributed by atoms with Gasteiger partial charge in [0.2, 0.25) is 0 Å². The topological polar surface area (TPSA) is 60.9 Å². The third-order valence-electron chi connectivity index (χ3n) is 5.35. The second kappa shape index (κ2) is 5.39. The molecule has 2 aliphatic rings. The van der Waals surface area contributed by atoms with Crippen molar-refractivity contribution in [3.8, 4) is 0 Å². The smallest absolute Gasteiger partial charge is 0.155 e. The van der Waals surface area contributed by atoms with E-state index in [0.717, 1.165) is 44.4 Å². The van der Waals surface area contributed by atoms with Crippen LogP contribution < -0.4 is 0 Å². The normalized spacial score (nSPS) is 24.2. The summed E-state index contributed by atoms with van der Waals surface area (Å²) in [6, 6.07) is 2.14. The van der Waals surface area contributed by atoms with E-state index in [1.165, 1.54) is 11.1 Å². The Morgan fingerprint density at radius 1 is 1.30 bits per heavy atom. The van der Waals surface area contributed by atoms with E-state index in [0.29, 0.717) is 11.3 Å². The Morgan fingerprint density at radius 3 is 2.83 bits per heavy atom. The number of aryl methyl sites for hydroxylation is 2. The van der Waals surface area contributed by atoms with Crippen molar-refractivity contribution in [2.24, 2.45) is 5.41 Å². The van der Waals surface area contributed by atoms with E-state index >= 15 is 0 Å². The second-order valence-electron chi connectivity index (χ2n) is 7.34. The molecule has 2 fully saturated rings. The van der Waals surface area contributed by atoms with Crippen molar-refractivity contribution >= 4 is 0 Å². The number of H-pyrrole nitrogens is 1. The molecule has 1 N–H and O–H groups in total. The van der Waals surface area contributed by atoms with Gasteiger partial charge in [-0.2, -0.15) is 5.10 Å². The van der Waals surface area contributed by atoms with Gasteiger partial charge in [-0.25, -0.2) is 4.98 Å². The summed E-state index contributed by atoms with van der Waals surface area (Å²) in [6.45, 7) is 9.56. The van der Waals surface area contributed by atoms with Gasteiger partial charge in [0.05, 0.1) is 0 Å². The van der Waals surface area contributed by atoms with Crippen LogP contribution >= 0.6 is 0 Å². The summed E-state index contributed by atoms with van der Waals surface area (Å²) in [5.41, 5.74) is 2.97. The number of likely N-dealkylation sites (N-methyl/N-ethyl adjacent to an activating group) is 1. The lowest BCUT2D eigenvalue weighted by atomic mass is 9.71. The van der Waals surface area contributed by atoms with Crippen LogP contribution in [0.4, 0.5) is 0 Å². The highest BCUT2D eigenvalue weighted by molar-refractivity contribution is 5.23. The fraction of sp³-hybridized carbons (Fsp3) is 0.588. The fourth-order valence-electron chi connectivity index (χ4n) is 4.29. The molecule has 122 valence electrons. The molecule has 1 unspecified atom stereocenters. The summed E-state index contributed by atoms with van der Waals surface area (Å²) >= 11 is 0. The number of aromatic nitrogens is 4. The van der Waals surface area contributed by atoms with Crippen molar-refractivity contribution in [1.29, 1.82) is 0 Å². The van der Waals surface area contributed by atoms with Crippen LogP contribution in [0.15, 0.2) is 18.5 Å². The third kappa shape index (κ3) is 2.56. The Morgan fingerprint density at radius 2 is 2.13 bits per heavy atom. The molecule has 0 aromatic carbocycles. The van der Waals surface area contributed by atoms with Gasteiger partial charge in [-0.3, -0.25) is 15.0 Å². The first kappa shape index (κ1) is 14.8. The first-order chi connectivity index (χ1) is 11.1. The number of nitrogens with zero attached hydrogens (tertiary/aromatic N) is 5. The molecule has 4 heterocycles. The predicted molar refractivity (Wildman–Crippen MR) is 88.0 cm³/mol. The number of pyridine rings is 1. The van der Waals surface area contributed by atoms with Crippen LogP contribution in [0.1, 0.15) is 28.7 Å². The Hall–Kier alpha value is -1.79. The second-order valence-corrected chi connectivity index (χ2v) is 7.34. The van der Waals surface area contributed by atoms with Crippen molar-refractivity contribution in [1.82, 2.24) is 30.0 Å². The van der Waals surface area contributed by atoms with Crippen LogP contribution in [0.25, 0.3) is 0 Å². The van der Waals surface area contributed by atoms with Crippen molar-refractivity contribution in [2.45, 2.75) is 26.3 Å². The molecule has 0 amide bonds. The number of hydrogen-bond donors (Lipinski definition) is 1. The summed E-state index contributed by atoms with van der Waals surface area (Å²) in [5, 5.41) is 7.45. The number of likely N-dealkylation sites (tertiary alicyclic amines) is 2. The quantitative estimate of drug-likeness (QED) is 0.927. The first-order valence-corrected chi connectivity index (χ1v) is 8.25. The average molecular weight is 312 g/mol. The zero-order chi connectivity index (χ0) is 16.0. The lowest BCUT2D eigenvalue weighted by Gasteiger charge is -2.50. The van der Waals surface area contributed by atoms with E-state index < -0.39 is 0 Å². The average Bonchev–Trinajstić information content (AvgIpc) is 3.04. The molecule has 0 saturated carbocycles. The van der Waals surface area contributed by atoms with Crippen LogP contribution in [0.3, 0.4) is 0 Å². The lowest BCUT2D eigenvalue weighted by Crippen LogP contribution is -2.59. The molecular weight excluding hydrogens is 288 g/mol. The summed E-state index contributed by atoms with van der Waals surface area (Å²) in [7, 11) is 2.21. The number of nitrogens with one attached hydrogen (secondary N) is 1. The summed E-state index contributed by atoms with van der Waals surface area (Å²) in [4.78, 5) is 13.8. The van der Waals surface area contributed by atoms with E-state index in [1.54, 1.807) is 0 Å². The van der Waals surface area contributed by atoms with Crippen LogP contribution in [-0.4, -0.2) is 63.2 Å². The van der Waals surface area contributed by atoms with Crippen molar-refractivity contribution < 1.29 is 0 Å². The molecule has 2 aliphatic heterocycles. The standard InChI is InChI=1S/C17H24N6/c1-12-6-18-5-4-14(12)7-23-10-17(11-23)9-22(3)8-15(17)16-19-13(2)20-21-16/h4-6,15H,7-11H2,1-3H3,(H,19,20,21). The van der Waals surface area contributed by atoms with Crippen LogP contribution in [0, 0.1) is 19.3 Å². The number of aromatic amines is 1. The SMILES string of the molecule is Cc1nc(C2CN(C)CC23CN(Cc2ccncc2C)C3)n[nH]1. The highest BCUT2D eigenvalue weighted by Crippen LogP contribution is 2.48. The summed E-state index contributed by atoms with van der Waals surface area (Å²) in [5.74, 6) is 2.34. The maximum absolute atomic E-state index is 4.61. The Labute approximate surface area is 136 Å². The highest BCUT2D eigenvalue weighted by atomic mass is 15.3. The van der Waals surface area contributed by atoms with Crippen LogP contribution in [0.5, 0.6) is 0 Å². The molecule has 23 heavy (non-hydrogen) atoms. The summed E-state index contributed by atoms with van der Waals surface area (Å²) < 4.78 is 0. The molecule has 6 nitrogen and oxygen atoms in total. The molecule has 2 aromatic rings. The number of rotatable bonds is 3. The Kier molecular flexibility index (Phi) is 3.46. The van der Waals surface area contributed by atoms with Gasteiger partial charge in [0, 0.05) is 56.5 Å². The molecule has 2 saturated heterocycles. The van der Waals surface area contributed by atoms with Gasteiger partial charge in [0.15, 0.2) is 5.82 Å². The van der Waals surface area contributed by atoms with Crippen molar-refractivity contribution in [3.63, 3.8) is 0 Å². The van der Waals surface area contributed by atoms with E-state index in [4.69, 9.17) is 0 Å². The largest absolute Gasteiger partial charge is 0.305 e. The van der Waals surface area contributed by atoms with Gasteiger partial charge >= 0.3 is 0 Å². The molecule has 4 rings (SSSR count). The van der Waals surface area contributed by atoms with Gasteiger partial charge in [0.1, 0.15) is 5.82 Å².